The highest BCUT2D eigenvalue weighted by Gasteiger charge is 2.12. The fourth-order valence-electron chi connectivity index (χ4n) is 1.87. The number of nitrogens with zero attached hydrogens (tertiary/aromatic N) is 1. The molecule has 5 heteroatoms. The van der Waals surface area contributed by atoms with Gasteiger partial charge in [-0.2, -0.15) is 0 Å². The van der Waals surface area contributed by atoms with Crippen molar-refractivity contribution < 1.29 is 4.74 Å². The summed E-state index contributed by atoms with van der Waals surface area (Å²) in [6, 6.07) is 4.93. The molecule has 0 radical (unpaired) electrons. The van der Waals surface area contributed by atoms with Gasteiger partial charge in [-0.25, -0.2) is 4.79 Å². The summed E-state index contributed by atoms with van der Waals surface area (Å²) in [4.78, 5) is 26.6. The number of rotatable bonds is 2. The standard InChI is InChI=1S/C12H14N2O3/c1-7(2)14-11(15)8-5-4-6-9(17-3)10(8)13-12(14)16/h4-7H,1-3H3,(H,13,16). The molecule has 1 aromatic heterocycles. The van der Waals surface area contributed by atoms with Gasteiger partial charge in [0, 0.05) is 6.04 Å². The lowest BCUT2D eigenvalue weighted by atomic mass is 10.2. The van der Waals surface area contributed by atoms with Gasteiger partial charge in [-0.05, 0) is 26.0 Å². The van der Waals surface area contributed by atoms with Gasteiger partial charge in [-0.15, -0.1) is 0 Å². The fourth-order valence-corrected chi connectivity index (χ4v) is 1.87. The third-order valence-corrected chi connectivity index (χ3v) is 2.66. The van der Waals surface area contributed by atoms with E-state index in [-0.39, 0.29) is 11.6 Å². The number of methoxy groups -OCH3 is 1. The Morgan fingerprint density at radius 3 is 2.59 bits per heavy atom. The lowest BCUT2D eigenvalue weighted by Crippen LogP contribution is -2.36. The SMILES string of the molecule is COc1cccc2c(=O)n(C(C)C)c(=O)[nH]c12. The Labute approximate surface area is 97.7 Å². The van der Waals surface area contributed by atoms with Crippen molar-refractivity contribution in [2.75, 3.05) is 7.11 Å². The van der Waals surface area contributed by atoms with Crippen molar-refractivity contribution in [2.45, 2.75) is 19.9 Å². The summed E-state index contributed by atoms with van der Waals surface area (Å²) in [5.41, 5.74) is -0.262. The molecule has 2 rings (SSSR count). The van der Waals surface area contributed by atoms with E-state index in [2.05, 4.69) is 4.98 Å². The summed E-state index contributed by atoms with van der Waals surface area (Å²) in [5, 5.41) is 0.456. The van der Waals surface area contributed by atoms with Gasteiger partial charge in [0.05, 0.1) is 18.0 Å². The number of hydrogen-bond acceptors (Lipinski definition) is 3. The Hall–Kier alpha value is -2.04. The first-order valence-electron chi connectivity index (χ1n) is 5.37. The van der Waals surface area contributed by atoms with Gasteiger partial charge in [0.25, 0.3) is 5.56 Å². The smallest absolute Gasteiger partial charge is 0.329 e. The third kappa shape index (κ3) is 1.73. The minimum Gasteiger partial charge on any atom is -0.495 e. The van der Waals surface area contributed by atoms with Crippen LogP contribution in [0.25, 0.3) is 10.9 Å². The lowest BCUT2D eigenvalue weighted by molar-refractivity contribution is 0.418. The first-order chi connectivity index (χ1) is 8.06. The van der Waals surface area contributed by atoms with Crippen molar-refractivity contribution in [1.82, 2.24) is 9.55 Å². The van der Waals surface area contributed by atoms with Crippen LogP contribution < -0.4 is 16.0 Å². The molecule has 0 amide bonds. The maximum absolute atomic E-state index is 12.1. The van der Waals surface area contributed by atoms with Crippen molar-refractivity contribution >= 4 is 10.9 Å². The zero-order valence-corrected chi connectivity index (χ0v) is 9.98. The zero-order valence-electron chi connectivity index (χ0n) is 9.98. The normalized spacial score (nSPS) is 11.1. The largest absolute Gasteiger partial charge is 0.495 e. The molecule has 0 aliphatic rings. The molecule has 0 aliphatic heterocycles. The molecule has 5 nitrogen and oxygen atoms in total. The van der Waals surface area contributed by atoms with E-state index in [0.717, 1.165) is 0 Å². The van der Waals surface area contributed by atoms with Crippen LogP contribution in [0.3, 0.4) is 0 Å². The van der Waals surface area contributed by atoms with Gasteiger partial charge in [0.2, 0.25) is 0 Å². The van der Waals surface area contributed by atoms with Crippen LogP contribution in [-0.2, 0) is 0 Å². The topological polar surface area (TPSA) is 64.1 Å². The molecule has 1 heterocycles. The van der Waals surface area contributed by atoms with Crippen LogP contribution in [0.5, 0.6) is 5.75 Å². The number of nitrogens with one attached hydrogen (secondary N) is 1. The van der Waals surface area contributed by atoms with Crippen LogP contribution in [0.2, 0.25) is 0 Å². The molecule has 17 heavy (non-hydrogen) atoms. The van der Waals surface area contributed by atoms with E-state index in [1.807, 2.05) is 0 Å². The summed E-state index contributed by atoms with van der Waals surface area (Å²) in [7, 11) is 1.50. The van der Waals surface area contributed by atoms with Gasteiger partial charge in [-0.1, -0.05) is 6.07 Å². The quantitative estimate of drug-likeness (QED) is 0.851. The molecule has 0 atom stereocenters. The Kier molecular flexibility index (Phi) is 2.75. The van der Waals surface area contributed by atoms with Crippen LogP contribution in [0.1, 0.15) is 19.9 Å². The summed E-state index contributed by atoms with van der Waals surface area (Å²) in [6.07, 6.45) is 0. The summed E-state index contributed by atoms with van der Waals surface area (Å²) < 4.78 is 6.32. The van der Waals surface area contributed by atoms with Crippen LogP contribution in [-0.4, -0.2) is 16.7 Å². The van der Waals surface area contributed by atoms with Crippen LogP contribution in [0, 0.1) is 0 Å². The van der Waals surface area contributed by atoms with E-state index in [0.29, 0.717) is 16.7 Å². The van der Waals surface area contributed by atoms with E-state index in [1.54, 1.807) is 32.0 Å². The van der Waals surface area contributed by atoms with Crippen molar-refractivity contribution in [1.29, 1.82) is 0 Å². The molecular weight excluding hydrogens is 220 g/mol. The van der Waals surface area contributed by atoms with Gasteiger partial charge in [0.15, 0.2) is 0 Å². The van der Waals surface area contributed by atoms with Gasteiger partial charge >= 0.3 is 5.69 Å². The molecule has 2 aromatic rings. The highest BCUT2D eigenvalue weighted by molar-refractivity contribution is 5.83. The first-order valence-corrected chi connectivity index (χ1v) is 5.37. The average Bonchev–Trinajstić information content (AvgIpc) is 2.28. The Morgan fingerprint density at radius 1 is 1.29 bits per heavy atom. The Balaban J connectivity index is 2.96. The summed E-state index contributed by atoms with van der Waals surface area (Å²) >= 11 is 0. The van der Waals surface area contributed by atoms with Crippen LogP contribution in [0.15, 0.2) is 27.8 Å². The van der Waals surface area contributed by atoms with Gasteiger partial charge in [-0.3, -0.25) is 9.36 Å². The van der Waals surface area contributed by atoms with Crippen molar-refractivity contribution in [3.8, 4) is 5.75 Å². The second-order valence-electron chi connectivity index (χ2n) is 4.08. The predicted octanol–water partition coefficient (Wildman–Crippen LogP) is 1.28. The minimum atomic E-state index is -0.415. The molecule has 1 aromatic carbocycles. The van der Waals surface area contributed by atoms with Gasteiger partial charge in [0.1, 0.15) is 5.75 Å². The lowest BCUT2D eigenvalue weighted by Gasteiger charge is -2.10. The number of aromatic nitrogens is 2. The van der Waals surface area contributed by atoms with E-state index in [4.69, 9.17) is 4.74 Å². The predicted molar refractivity (Wildman–Crippen MR) is 65.8 cm³/mol. The van der Waals surface area contributed by atoms with Crippen molar-refractivity contribution in [3.63, 3.8) is 0 Å². The summed E-state index contributed by atoms with van der Waals surface area (Å²) in [5.74, 6) is 0.493. The molecular formula is C12H14N2O3. The Morgan fingerprint density at radius 2 is 2.00 bits per heavy atom. The van der Waals surface area contributed by atoms with Crippen LogP contribution >= 0.6 is 0 Å². The number of H-pyrrole nitrogens is 1. The number of para-hydroxylation sites is 1. The first kappa shape index (κ1) is 11.4. The molecule has 0 saturated carbocycles. The minimum absolute atomic E-state index is 0.179. The second-order valence-corrected chi connectivity index (χ2v) is 4.08. The van der Waals surface area contributed by atoms with E-state index >= 15 is 0 Å². The molecule has 0 aliphatic carbocycles. The molecule has 0 bridgehead atoms. The van der Waals surface area contributed by atoms with Gasteiger partial charge < -0.3 is 9.72 Å². The second kappa shape index (κ2) is 4.08. The molecule has 1 N–H and O–H groups in total. The third-order valence-electron chi connectivity index (χ3n) is 2.66. The number of fused-ring (bicyclic) bond motifs is 1. The number of aromatic amines is 1. The van der Waals surface area contributed by atoms with E-state index in [1.165, 1.54) is 11.7 Å². The number of ether oxygens (including phenoxy) is 1. The molecule has 0 fully saturated rings. The fraction of sp³-hybridized carbons (Fsp3) is 0.333. The highest BCUT2D eigenvalue weighted by Crippen LogP contribution is 2.19. The summed E-state index contributed by atoms with van der Waals surface area (Å²) in [6.45, 7) is 3.59. The monoisotopic (exact) mass is 234 g/mol. The maximum atomic E-state index is 12.1. The number of benzene rings is 1. The molecule has 90 valence electrons. The van der Waals surface area contributed by atoms with E-state index < -0.39 is 5.69 Å². The molecule has 0 unspecified atom stereocenters. The van der Waals surface area contributed by atoms with Crippen molar-refractivity contribution in [2.24, 2.45) is 0 Å². The Bertz CT molecular complexity index is 667. The van der Waals surface area contributed by atoms with Crippen molar-refractivity contribution in [3.05, 3.63) is 39.0 Å². The maximum Gasteiger partial charge on any atom is 0.329 e. The van der Waals surface area contributed by atoms with E-state index in [9.17, 15) is 9.59 Å². The number of hydrogen-bond donors (Lipinski definition) is 1. The zero-order chi connectivity index (χ0) is 12.6. The highest BCUT2D eigenvalue weighted by atomic mass is 16.5. The molecule has 0 spiro atoms. The average molecular weight is 234 g/mol. The van der Waals surface area contributed by atoms with Crippen LogP contribution in [0.4, 0.5) is 0 Å². The molecule has 0 saturated heterocycles.